The van der Waals surface area contributed by atoms with Gasteiger partial charge in [0, 0.05) is 11.1 Å². The number of unbranched alkanes of at least 4 members (excludes halogenated alkanes) is 1. The summed E-state index contributed by atoms with van der Waals surface area (Å²) in [5.41, 5.74) is 5.66. The Morgan fingerprint density at radius 3 is 2.81 bits per heavy atom. The van der Waals surface area contributed by atoms with E-state index in [1.165, 1.54) is 48.7 Å². The van der Waals surface area contributed by atoms with Crippen LogP contribution in [0.4, 0.5) is 0 Å². The molecule has 0 bridgehead atoms. The monoisotopic (exact) mass is 211 g/mol. The molecule has 0 aliphatic heterocycles. The van der Waals surface area contributed by atoms with Gasteiger partial charge in [0.05, 0.1) is 5.52 Å². The highest BCUT2D eigenvalue weighted by atomic mass is 14.7. The summed E-state index contributed by atoms with van der Waals surface area (Å²) < 4.78 is 0. The van der Waals surface area contributed by atoms with Crippen molar-refractivity contribution in [2.24, 2.45) is 0 Å². The molecule has 0 unspecified atom stereocenters. The molecule has 1 aliphatic rings. The second-order valence-electron chi connectivity index (χ2n) is 4.64. The van der Waals surface area contributed by atoms with E-state index in [0.717, 1.165) is 0 Å². The van der Waals surface area contributed by atoms with Gasteiger partial charge in [-0.25, -0.2) is 0 Å². The first-order valence-electron chi connectivity index (χ1n) is 6.29. The summed E-state index contributed by atoms with van der Waals surface area (Å²) in [5.74, 6) is 0. The second kappa shape index (κ2) is 3.89. The first-order chi connectivity index (χ1) is 7.90. The number of fused-ring (bicyclic) bond motifs is 2. The minimum absolute atomic E-state index is 1.18. The fraction of sp³-hybridized carbons (Fsp3) is 0.400. The maximum absolute atomic E-state index is 4.73. The predicted octanol–water partition coefficient (Wildman–Crippen LogP) is 3.68. The van der Waals surface area contributed by atoms with Gasteiger partial charge in [-0.05, 0) is 42.9 Å². The summed E-state index contributed by atoms with van der Waals surface area (Å²) in [7, 11) is 0. The van der Waals surface area contributed by atoms with Crippen LogP contribution in [0.3, 0.4) is 0 Å². The van der Waals surface area contributed by atoms with E-state index in [1.807, 2.05) is 0 Å². The van der Waals surface area contributed by atoms with E-state index < -0.39 is 0 Å². The van der Waals surface area contributed by atoms with Crippen LogP contribution < -0.4 is 0 Å². The van der Waals surface area contributed by atoms with Crippen LogP contribution in [0, 0.1) is 0 Å². The fourth-order valence-electron chi connectivity index (χ4n) is 2.58. The average molecular weight is 211 g/mol. The van der Waals surface area contributed by atoms with E-state index in [2.05, 4.69) is 31.2 Å². The molecule has 1 aromatic carbocycles. The van der Waals surface area contributed by atoms with E-state index in [1.54, 1.807) is 11.1 Å². The van der Waals surface area contributed by atoms with E-state index in [-0.39, 0.29) is 0 Å². The van der Waals surface area contributed by atoms with Crippen molar-refractivity contribution in [1.29, 1.82) is 0 Å². The normalized spacial score (nSPS) is 13.6. The lowest BCUT2D eigenvalue weighted by Crippen LogP contribution is -2.15. The summed E-state index contributed by atoms with van der Waals surface area (Å²) in [6, 6.07) is 8.59. The largest absolute Gasteiger partial charge is 0.253 e. The van der Waals surface area contributed by atoms with Crippen LogP contribution in [-0.2, 0) is 19.3 Å². The first kappa shape index (κ1) is 9.83. The average Bonchev–Trinajstić information content (AvgIpc) is 2.29. The zero-order valence-corrected chi connectivity index (χ0v) is 9.79. The Kier molecular flexibility index (Phi) is 2.39. The minimum Gasteiger partial charge on any atom is -0.253 e. The third-order valence-corrected chi connectivity index (χ3v) is 3.59. The van der Waals surface area contributed by atoms with Crippen molar-refractivity contribution >= 4 is 10.9 Å². The molecule has 0 radical (unpaired) electrons. The lowest BCUT2D eigenvalue weighted by atomic mass is 9.85. The molecular weight excluding hydrogens is 194 g/mol. The molecule has 1 aliphatic carbocycles. The van der Waals surface area contributed by atoms with Crippen molar-refractivity contribution < 1.29 is 0 Å². The number of aryl methyl sites for hydroxylation is 2. The standard InChI is InChI=1S/C15H17N/c1-2-3-6-11-12-7-4-5-8-14(12)16-15-10-9-13(11)15/h4-5,7-8H,2-3,6,9-10H2,1H3. The number of rotatable bonds is 3. The Morgan fingerprint density at radius 2 is 2.06 bits per heavy atom. The van der Waals surface area contributed by atoms with Gasteiger partial charge in [0.25, 0.3) is 0 Å². The molecule has 1 aromatic heterocycles. The summed E-state index contributed by atoms with van der Waals surface area (Å²) in [6.45, 7) is 2.26. The van der Waals surface area contributed by atoms with Crippen LogP contribution in [0.2, 0.25) is 0 Å². The highest BCUT2D eigenvalue weighted by molar-refractivity contribution is 5.84. The zero-order valence-electron chi connectivity index (χ0n) is 9.79. The summed E-state index contributed by atoms with van der Waals surface area (Å²) >= 11 is 0. The smallest absolute Gasteiger partial charge is 0.0708 e. The van der Waals surface area contributed by atoms with Crippen LogP contribution in [0.1, 0.15) is 36.6 Å². The molecule has 1 heteroatoms. The predicted molar refractivity (Wildman–Crippen MR) is 67.8 cm³/mol. The molecule has 0 saturated heterocycles. The molecule has 0 saturated carbocycles. The van der Waals surface area contributed by atoms with Crippen molar-refractivity contribution in [2.75, 3.05) is 0 Å². The second-order valence-corrected chi connectivity index (χ2v) is 4.64. The molecule has 0 spiro atoms. The molecular formula is C15H17N. The van der Waals surface area contributed by atoms with Crippen molar-refractivity contribution in [3.05, 3.63) is 41.1 Å². The third kappa shape index (κ3) is 1.42. The van der Waals surface area contributed by atoms with Crippen LogP contribution in [-0.4, -0.2) is 4.98 Å². The van der Waals surface area contributed by atoms with Gasteiger partial charge in [-0.2, -0.15) is 0 Å². The van der Waals surface area contributed by atoms with Gasteiger partial charge in [-0.3, -0.25) is 4.98 Å². The van der Waals surface area contributed by atoms with Crippen LogP contribution in [0.15, 0.2) is 24.3 Å². The summed E-state index contributed by atoms with van der Waals surface area (Å²) in [4.78, 5) is 4.73. The molecule has 0 amide bonds. The SMILES string of the molecule is CCCCc1c2c(nc3ccccc13)CC2. The van der Waals surface area contributed by atoms with Gasteiger partial charge in [-0.15, -0.1) is 0 Å². The van der Waals surface area contributed by atoms with Crippen LogP contribution >= 0.6 is 0 Å². The fourth-order valence-corrected chi connectivity index (χ4v) is 2.58. The first-order valence-corrected chi connectivity index (χ1v) is 6.29. The van der Waals surface area contributed by atoms with E-state index >= 15 is 0 Å². The van der Waals surface area contributed by atoms with Crippen LogP contribution in [0.25, 0.3) is 10.9 Å². The van der Waals surface area contributed by atoms with Crippen molar-refractivity contribution in [2.45, 2.75) is 39.0 Å². The number of nitrogens with zero attached hydrogens (tertiary/aromatic N) is 1. The molecule has 0 fully saturated rings. The van der Waals surface area contributed by atoms with Crippen molar-refractivity contribution in [3.8, 4) is 0 Å². The Morgan fingerprint density at radius 1 is 1.19 bits per heavy atom. The van der Waals surface area contributed by atoms with Crippen molar-refractivity contribution in [3.63, 3.8) is 0 Å². The van der Waals surface area contributed by atoms with Gasteiger partial charge in [-0.1, -0.05) is 31.5 Å². The Labute approximate surface area is 96.5 Å². The number of para-hydroxylation sites is 1. The summed E-state index contributed by atoms with van der Waals surface area (Å²) in [6.07, 6.45) is 6.21. The molecule has 0 N–H and O–H groups in total. The molecule has 82 valence electrons. The topological polar surface area (TPSA) is 12.9 Å². The highest BCUT2D eigenvalue weighted by Crippen LogP contribution is 2.31. The molecule has 16 heavy (non-hydrogen) atoms. The Bertz CT molecular complexity index is 528. The van der Waals surface area contributed by atoms with E-state index in [4.69, 9.17) is 4.98 Å². The zero-order chi connectivity index (χ0) is 11.0. The molecule has 1 heterocycles. The van der Waals surface area contributed by atoms with Crippen LogP contribution in [0.5, 0.6) is 0 Å². The van der Waals surface area contributed by atoms with Gasteiger partial charge in [0.2, 0.25) is 0 Å². The molecule has 1 nitrogen and oxygen atoms in total. The third-order valence-electron chi connectivity index (χ3n) is 3.59. The van der Waals surface area contributed by atoms with Gasteiger partial charge >= 0.3 is 0 Å². The van der Waals surface area contributed by atoms with E-state index in [9.17, 15) is 0 Å². The number of pyridine rings is 1. The highest BCUT2D eigenvalue weighted by Gasteiger charge is 2.20. The van der Waals surface area contributed by atoms with Gasteiger partial charge in [0.15, 0.2) is 0 Å². The van der Waals surface area contributed by atoms with Gasteiger partial charge in [0.1, 0.15) is 0 Å². The quantitative estimate of drug-likeness (QED) is 0.754. The maximum atomic E-state index is 4.73. The van der Waals surface area contributed by atoms with Gasteiger partial charge < -0.3 is 0 Å². The van der Waals surface area contributed by atoms with E-state index in [0.29, 0.717) is 0 Å². The molecule has 0 atom stereocenters. The lowest BCUT2D eigenvalue weighted by molar-refractivity contribution is 0.742. The molecule has 2 aromatic rings. The minimum atomic E-state index is 1.18. The van der Waals surface area contributed by atoms with Crippen molar-refractivity contribution in [1.82, 2.24) is 4.98 Å². The number of hydrogen-bond acceptors (Lipinski definition) is 1. The molecule has 3 rings (SSSR count). The number of aromatic nitrogens is 1. The number of hydrogen-bond donors (Lipinski definition) is 0. The lowest BCUT2D eigenvalue weighted by Gasteiger charge is -2.23. The Balaban J connectivity index is 2.18. The Hall–Kier alpha value is -1.37. The maximum Gasteiger partial charge on any atom is 0.0708 e. The summed E-state index contributed by atoms with van der Waals surface area (Å²) in [5, 5.41) is 1.38. The number of benzene rings is 1.